The molecule has 0 spiro atoms. The van der Waals surface area contributed by atoms with Gasteiger partial charge in [0.05, 0.1) is 21.5 Å². The Balaban J connectivity index is 1.31. The molecule has 1 aromatic heterocycles. The Kier molecular flexibility index (Phi) is 9.95. The van der Waals surface area contributed by atoms with Gasteiger partial charge in [-0.2, -0.15) is 4.72 Å². The highest BCUT2D eigenvalue weighted by atomic mass is 35.5. The lowest BCUT2D eigenvalue weighted by Crippen LogP contribution is -2.55. The number of piperidine rings is 1. The maximum atomic E-state index is 13.2. The van der Waals surface area contributed by atoms with Crippen LogP contribution in [0.15, 0.2) is 35.7 Å². The molecule has 2 aliphatic heterocycles. The van der Waals surface area contributed by atoms with E-state index in [1.807, 2.05) is 0 Å². The fourth-order valence-electron chi connectivity index (χ4n) is 4.63. The highest BCUT2D eigenvalue weighted by molar-refractivity contribution is 7.92. The summed E-state index contributed by atoms with van der Waals surface area (Å²) < 4.78 is 28.1. The SMILES string of the molecule is O=C(NC[C@@H]1CCCN1C(=O)CN1CCC[C@H](NS(=O)(=O)/C=C/c2ccc(Cl)s2)C1=O)c1ccc(Cl)cc1Cl. The Morgan fingerprint density at radius 3 is 2.56 bits per heavy atom. The van der Waals surface area contributed by atoms with Crippen molar-refractivity contribution in [2.24, 2.45) is 0 Å². The number of likely N-dealkylation sites (tertiary alicyclic amines) is 2. The first-order chi connectivity index (χ1) is 18.5. The summed E-state index contributed by atoms with van der Waals surface area (Å²) in [5.41, 5.74) is 0.290. The van der Waals surface area contributed by atoms with E-state index in [0.29, 0.717) is 52.2 Å². The third-order valence-electron chi connectivity index (χ3n) is 6.54. The highest BCUT2D eigenvalue weighted by Crippen LogP contribution is 2.24. The van der Waals surface area contributed by atoms with Gasteiger partial charge in [-0.3, -0.25) is 14.4 Å². The Bertz CT molecular complexity index is 1380. The van der Waals surface area contributed by atoms with Gasteiger partial charge in [-0.15, -0.1) is 11.3 Å². The molecule has 39 heavy (non-hydrogen) atoms. The maximum Gasteiger partial charge on any atom is 0.252 e. The van der Waals surface area contributed by atoms with E-state index in [1.165, 1.54) is 34.4 Å². The van der Waals surface area contributed by atoms with Gasteiger partial charge in [-0.05, 0) is 62.1 Å². The molecule has 2 N–H and O–H groups in total. The fraction of sp³-hybridized carbons (Fsp3) is 0.400. The number of rotatable bonds is 9. The summed E-state index contributed by atoms with van der Waals surface area (Å²) in [7, 11) is -3.89. The first kappa shape index (κ1) is 29.8. The molecule has 0 saturated carbocycles. The van der Waals surface area contributed by atoms with Gasteiger partial charge in [-0.1, -0.05) is 34.8 Å². The highest BCUT2D eigenvalue weighted by Gasteiger charge is 2.35. The van der Waals surface area contributed by atoms with Crippen LogP contribution in [0, 0.1) is 0 Å². The molecule has 2 aliphatic rings. The van der Waals surface area contributed by atoms with Crippen LogP contribution in [0.3, 0.4) is 0 Å². The van der Waals surface area contributed by atoms with Crippen molar-refractivity contribution < 1.29 is 22.8 Å². The van der Waals surface area contributed by atoms with Gasteiger partial charge >= 0.3 is 0 Å². The predicted octanol–water partition coefficient (Wildman–Crippen LogP) is 4.01. The fourth-order valence-corrected chi connectivity index (χ4v) is 7.19. The molecular weight excluding hydrogens is 607 g/mol. The van der Waals surface area contributed by atoms with Crippen LogP contribution in [0.25, 0.3) is 6.08 Å². The summed E-state index contributed by atoms with van der Waals surface area (Å²) in [5, 5.41) is 4.49. The molecule has 3 heterocycles. The van der Waals surface area contributed by atoms with Crippen LogP contribution in [0.1, 0.15) is 40.9 Å². The molecule has 0 radical (unpaired) electrons. The summed E-state index contributed by atoms with van der Waals surface area (Å²) in [6, 6.07) is 6.79. The zero-order valence-electron chi connectivity index (χ0n) is 20.7. The molecule has 14 heteroatoms. The van der Waals surface area contributed by atoms with Crippen LogP contribution in [0.2, 0.25) is 14.4 Å². The number of amides is 3. The number of thiophene rings is 1. The lowest BCUT2D eigenvalue weighted by atomic mass is 10.1. The monoisotopic (exact) mass is 632 g/mol. The third-order valence-corrected chi connectivity index (χ3v) is 9.39. The molecule has 210 valence electrons. The van der Waals surface area contributed by atoms with Gasteiger partial charge in [0.1, 0.15) is 6.04 Å². The number of benzene rings is 1. The van der Waals surface area contributed by atoms with Crippen molar-refractivity contribution in [2.45, 2.75) is 37.8 Å². The zero-order chi connectivity index (χ0) is 28.2. The number of sulfonamides is 1. The summed E-state index contributed by atoms with van der Waals surface area (Å²) in [4.78, 5) is 42.5. The quantitative estimate of drug-likeness (QED) is 0.433. The van der Waals surface area contributed by atoms with Crippen molar-refractivity contribution >= 4 is 80.0 Å². The first-order valence-electron chi connectivity index (χ1n) is 12.3. The molecule has 2 fully saturated rings. The number of carbonyl (C=O) groups is 3. The van der Waals surface area contributed by atoms with Crippen LogP contribution >= 0.6 is 46.1 Å². The Hall–Kier alpha value is -2.15. The molecule has 9 nitrogen and oxygen atoms in total. The summed E-state index contributed by atoms with van der Waals surface area (Å²) >= 11 is 19.1. The second-order valence-electron chi connectivity index (χ2n) is 9.28. The number of hydrogen-bond acceptors (Lipinski definition) is 6. The van der Waals surface area contributed by atoms with Crippen LogP contribution in [-0.2, 0) is 19.6 Å². The van der Waals surface area contributed by atoms with Gasteiger partial charge in [0, 0.05) is 41.0 Å². The molecule has 2 atom stereocenters. The van der Waals surface area contributed by atoms with E-state index in [-0.39, 0.29) is 36.0 Å². The largest absolute Gasteiger partial charge is 0.350 e. The predicted molar refractivity (Wildman–Crippen MR) is 154 cm³/mol. The average molecular weight is 634 g/mol. The van der Waals surface area contributed by atoms with Gasteiger partial charge in [0.2, 0.25) is 21.8 Å². The Labute approximate surface area is 246 Å². The van der Waals surface area contributed by atoms with Crippen molar-refractivity contribution in [1.29, 1.82) is 0 Å². The first-order valence-corrected chi connectivity index (χ1v) is 15.8. The number of nitrogens with zero attached hydrogens (tertiary/aromatic N) is 2. The van der Waals surface area contributed by atoms with E-state index >= 15 is 0 Å². The topological polar surface area (TPSA) is 116 Å². The second-order valence-corrected chi connectivity index (χ2v) is 13.5. The molecule has 1 aromatic carbocycles. The van der Waals surface area contributed by atoms with E-state index < -0.39 is 22.0 Å². The number of hydrogen-bond donors (Lipinski definition) is 2. The number of carbonyl (C=O) groups excluding carboxylic acids is 3. The normalized spacial score (nSPS) is 20.1. The Morgan fingerprint density at radius 2 is 1.85 bits per heavy atom. The van der Waals surface area contributed by atoms with Gasteiger partial charge in [-0.25, -0.2) is 8.42 Å². The van der Waals surface area contributed by atoms with E-state index in [2.05, 4.69) is 10.0 Å². The van der Waals surface area contributed by atoms with Gasteiger partial charge < -0.3 is 15.1 Å². The summed E-state index contributed by atoms with van der Waals surface area (Å²) in [6.45, 7) is 0.947. The van der Waals surface area contributed by atoms with Crippen molar-refractivity contribution in [2.75, 3.05) is 26.2 Å². The standard InChI is InChI=1S/C25H27Cl3N4O5S2/c26-16-5-7-19(20(27)13-16)24(34)29-14-17-3-1-11-32(17)23(33)15-31-10-2-4-21(25(31)35)30-39(36,37)12-9-18-6-8-22(28)38-18/h5-9,12-13,17,21,30H,1-4,10-11,14-15H2,(H,29,34)/b12-9+/t17-,21-/m0/s1. The molecule has 4 rings (SSSR count). The van der Waals surface area contributed by atoms with Crippen molar-refractivity contribution in [1.82, 2.24) is 19.8 Å². The van der Waals surface area contributed by atoms with Crippen LogP contribution in [-0.4, -0.2) is 74.2 Å². The summed E-state index contributed by atoms with van der Waals surface area (Å²) in [5.74, 6) is -1.05. The number of nitrogens with one attached hydrogen (secondary N) is 2. The third kappa shape index (κ3) is 7.96. The van der Waals surface area contributed by atoms with Crippen LogP contribution < -0.4 is 10.0 Å². The van der Waals surface area contributed by atoms with Crippen molar-refractivity contribution in [3.8, 4) is 0 Å². The Morgan fingerprint density at radius 1 is 1.08 bits per heavy atom. The second kappa shape index (κ2) is 13.0. The van der Waals surface area contributed by atoms with Gasteiger partial charge in [0.25, 0.3) is 5.91 Å². The lowest BCUT2D eigenvalue weighted by Gasteiger charge is -2.34. The van der Waals surface area contributed by atoms with Crippen molar-refractivity contribution in [3.63, 3.8) is 0 Å². The lowest BCUT2D eigenvalue weighted by molar-refractivity contribution is -0.143. The van der Waals surface area contributed by atoms with Gasteiger partial charge in [0.15, 0.2) is 0 Å². The molecule has 0 bridgehead atoms. The molecule has 2 aromatic rings. The van der Waals surface area contributed by atoms with Crippen molar-refractivity contribution in [3.05, 3.63) is 60.6 Å². The van der Waals surface area contributed by atoms with E-state index in [4.69, 9.17) is 34.8 Å². The minimum absolute atomic E-state index is 0.159. The van der Waals surface area contributed by atoms with Crippen LogP contribution in [0.5, 0.6) is 0 Å². The minimum Gasteiger partial charge on any atom is -0.350 e. The average Bonchev–Trinajstić information content (AvgIpc) is 3.52. The van der Waals surface area contributed by atoms with E-state index in [1.54, 1.807) is 23.1 Å². The minimum atomic E-state index is -3.89. The zero-order valence-corrected chi connectivity index (χ0v) is 24.6. The number of halogens is 3. The molecule has 3 amide bonds. The maximum absolute atomic E-state index is 13.2. The van der Waals surface area contributed by atoms with E-state index in [9.17, 15) is 22.8 Å². The smallest absolute Gasteiger partial charge is 0.252 e. The van der Waals surface area contributed by atoms with Crippen LogP contribution in [0.4, 0.5) is 0 Å². The summed E-state index contributed by atoms with van der Waals surface area (Å²) in [6.07, 6.45) is 3.79. The molecule has 0 unspecified atom stereocenters. The molecule has 2 saturated heterocycles. The molecular formula is C25H27Cl3N4O5S2. The molecule has 0 aliphatic carbocycles. The van der Waals surface area contributed by atoms with E-state index in [0.717, 1.165) is 11.8 Å².